The molecule has 2 aliphatic heterocycles. The van der Waals surface area contributed by atoms with E-state index in [2.05, 4.69) is 5.32 Å². The van der Waals surface area contributed by atoms with Crippen LogP contribution in [0.3, 0.4) is 0 Å². The molecule has 1 unspecified atom stereocenters. The zero-order valence-electron chi connectivity index (χ0n) is 18.1. The first-order valence-electron chi connectivity index (χ1n) is 10.8. The van der Waals surface area contributed by atoms with E-state index in [4.69, 9.17) is 30.5 Å². The number of fused-ring (bicyclic) bond motifs is 1. The van der Waals surface area contributed by atoms with Crippen LogP contribution in [-0.4, -0.2) is 77.6 Å². The molecule has 33 heavy (non-hydrogen) atoms. The number of benzene rings is 1. The number of amides is 1. The Morgan fingerprint density at radius 2 is 1.85 bits per heavy atom. The van der Waals surface area contributed by atoms with Crippen LogP contribution >= 0.6 is 0 Å². The molecule has 1 amide bonds. The molecule has 0 bridgehead atoms. The van der Waals surface area contributed by atoms with Crippen molar-refractivity contribution in [2.24, 2.45) is 5.73 Å². The van der Waals surface area contributed by atoms with Crippen molar-refractivity contribution in [2.75, 3.05) is 13.2 Å². The molecule has 1 aromatic rings. The molecule has 2 fully saturated rings. The van der Waals surface area contributed by atoms with Gasteiger partial charge in [-0.2, -0.15) is 0 Å². The lowest BCUT2D eigenvalue weighted by Crippen LogP contribution is -2.46. The average Bonchev–Trinajstić information content (AvgIpc) is 3.34. The fourth-order valence-corrected chi connectivity index (χ4v) is 3.88. The van der Waals surface area contributed by atoms with Gasteiger partial charge in [0.2, 0.25) is 5.91 Å². The lowest BCUT2D eigenvalue weighted by atomic mass is 10.0. The van der Waals surface area contributed by atoms with Crippen LogP contribution < -0.4 is 11.1 Å². The molecule has 0 aromatic heterocycles. The van der Waals surface area contributed by atoms with E-state index in [1.807, 2.05) is 12.1 Å². The number of nitrogens with two attached hydrogens (primary N) is 1. The number of aliphatic carboxylic acids is 1. The van der Waals surface area contributed by atoms with Gasteiger partial charge in [-0.3, -0.25) is 15.0 Å². The molecule has 11 nitrogen and oxygen atoms in total. The van der Waals surface area contributed by atoms with E-state index in [0.29, 0.717) is 18.4 Å². The number of carboxylic acids is 1. The summed E-state index contributed by atoms with van der Waals surface area (Å²) in [5.74, 6) is -2.57. The molecule has 2 heterocycles. The highest BCUT2D eigenvalue weighted by molar-refractivity contribution is 5.94. The van der Waals surface area contributed by atoms with Gasteiger partial charge in [-0.05, 0) is 24.8 Å². The zero-order valence-corrected chi connectivity index (χ0v) is 18.1. The molecule has 180 valence electrons. The number of carbonyl (C=O) groups is 3. The van der Waals surface area contributed by atoms with Crippen molar-refractivity contribution in [2.45, 2.75) is 62.6 Å². The number of aryl methyl sites for hydroxylation is 1. The van der Waals surface area contributed by atoms with Gasteiger partial charge in [0.15, 0.2) is 6.10 Å². The highest BCUT2D eigenvalue weighted by Gasteiger charge is 2.49. The van der Waals surface area contributed by atoms with Crippen molar-refractivity contribution in [3.05, 3.63) is 35.4 Å². The molecule has 11 heteroatoms. The first-order valence-corrected chi connectivity index (χ1v) is 10.8. The van der Waals surface area contributed by atoms with Crippen molar-refractivity contribution < 1.29 is 38.8 Å². The summed E-state index contributed by atoms with van der Waals surface area (Å²) in [6.45, 7) is 0.0960. The van der Waals surface area contributed by atoms with Gasteiger partial charge >= 0.3 is 11.9 Å². The molecule has 2 saturated heterocycles. The van der Waals surface area contributed by atoms with Gasteiger partial charge in [0.25, 0.3) is 0 Å². The number of esters is 1. The van der Waals surface area contributed by atoms with Gasteiger partial charge in [-0.15, -0.1) is 0 Å². The minimum atomic E-state index is -1.33. The molecule has 0 spiro atoms. The quantitative estimate of drug-likeness (QED) is 0.127. The SMILES string of the molecule is N=C(N)c1ccc(CCCCC(=O)NC(CC(=O)O)C(=O)O[C@H]2CO[C@H]3[C@@H]2OC[C@H]3O)cc1. The second kappa shape index (κ2) is 11.2. The number of rotatable bonds is 11. The van der Waals surface area contributed by atoms with E-state index < -0.39 is 54.7 Å². The Labute approximate surface area is 190 Å². The Morgan fingerprint density at radius 1 is 1.15 bits per heavy atom. The van der Waals surface area contributed by atoms with Crippen LogP contribution in [0.1, 0.15) is 36.8 Å². The Kier molecular flexibility index (Phi) is 8.37. The lowest BCUT2D eigenvalue weighted by Gasteiger charge is -2.21. The molecule has 2 aliphatic rings. The number of nitrogen functional groups attached to an aromatic ring is 1. The summed E-state index contributed by atoms with van der Waals surface area (Å²) in [6.07, 6.45) is -1.29. The maximum absolute atomic E-state index is 12.5. The monoisotopic (exact) mass is 463 g/mol. The van der Waals surface area contributed by atoms with Crippen molar-refractivity contribution in [3.8, 4) is 0 Å². The molecule has 5 atom stereocenters. The fourth-order valence-electron chi connectivity index (χ4n) is 3.88. The van der Waals surface area contributed by atoms with Gasteiger partial charge in [-0.1, -0.05) is 24.3 Å². The van der Waals surface area contributed by atoms with Crippen LogP contribution in [0, 0.1) is 5.41 Å². The maximum atomic E-state index is 12.5. The third kappa shape index (κ3) is 6.73. The van der Waals surface area contributed by atoms with Crippen molar-refractivity contribution in [3.63, 3.8) is 0 Å². The highest BCUT2D eigenvalue weighted by atomic mass is 16.6. The first-order chi connectivity index (χ1) is 15.7. The van der Waals surface area contributed by atoms with E-state index in [0.717, 1.165) is 12.0 Å². The van der Waals surface area contributed by atoms with Crippen LogP contribution in [0.15, 0.2) is 24.3 Å². The van der Waals surface area contributed by atoms with Crippen LogP contribution in [0.2, 0.25) is 0 Å². The summed E-state index contributed by atoms with van der Waals surface area (Å²) >= 11 is 0. The molecule has 3 rings (SSSR count). The maximum Gasteiger partial charge on any atom is 0.329 e. The Morgan fingerprint density at radius 3 is 2.52 bits per heavy atom. The Balaban J connectivity index is 1.44. The normalized spacial score (nSPS) is 24.6. The van der Waals surface area contributed by atoms with Crippen molar-refractivity contribution in [1.29, 1.82) is 5.41 Å². The van der Waals surface area contributed by atoms with Gasteiger partial charge in [0.05, 0.1) is 19.6 Å². The molecule has 0 radical (unpaired) electrons. The van der Waals surface area contributed by atoms with Crippen LogP contribution in [-0.2, 0) is 35.0 Å². The van der Waals surface area contributed by atoms with E-state index in [1.54, 1.807) is 12.1 Å². The summed E-state index contributed by atoms with van der Waals surface area (Å²) in [6, 6.07) is 5.95. The van der Waals surface area contributed by atoms with E-state index in [-0.39, 0.29) is 25.5 Å². The fraction of sp³-hybridized carbons (Fsp3) is 0.545. The van der Waals surface area contributed by atoms with Gasteiger partial charge in [0.1, 0.15) is 30.2 Å². The second-order valence-corrected chi connectivity index (χ2v) is 8.17. The van der Waals surface area contributed by atoms with E-state index in [9.17, 15) is 19.5 Å². The van der Waals surface area contributed by atoms with Gasteiger partial charge < -0.3 is 35.5 Å². The highest BCUT2D eigenvalue weighted by Crippen LogP contribution is 2.29. The standard InChI is InChI=1S/C22H29N3O8/c23-21(24)13-7-5-12(6-8-13)3-1-2-4-17(27)25-14(9-18(28)29)22(30)33-16-11-32-19-15(26)10-31-20(16)19/h5-8,14-16,19-20,26H,1-4,9-11H2,(H3,23,24)(H,25,27)(H,28,29)/t14?,15-,16+,19-,20-/m1/s1. The predicted octanol–water partition coefficient (Wildman–Crippen LogP) is -0.287. The summed E-state index contributed by atoms with van der Waals surface area (Å²) in [5.41, 5.74) is 7.12. The minimum absolute atomic E-state index is 0.00120. The van der Waals surface area contributed by atoms with Gasteiger partial charge in [0, 0.05) is 12.0 Å². The third-order valence-electron chi connectivity index (χ3n) is 5.63. The van der Waals surface area contributed by atoms with Crippen LogP contribution in [0.5, 0.6) is 0 Å². The smallest absolute Gasteiger partial charge is 0.329 e. The number of hydrogen-bond donors (Lipinski definition) is 5. The summed E-state index contributed by atoms with van der Waals surface area (Å²) in [4.78, 5) is 36.0. The first kappa shape index (κ1) is 24.6. The molecule has 1 aromatic carbocycles. The van der Waals surface area contributed by atoms with E-state index >= 15 is 0 Å². The largest absolute Gasteiger partial charge is 0.481 e. The third-order valence-corrected chi connectivity index (χ3v) is 5.63. The molecule has 0 aliphatic carbocycles. The molecular formula is C22H29N3O8. The number of amidine groups is 1. The number of nitrogens with one attached hydrogen (secondary N) is 2. The number of unbranched alkanes of at least 4 members (excludes halogenated alkanes) is 1. The summed E-state index contributed by atoms with van der Waals surface area (Å²) < 4.78 is 16.1. The van der Waals surface area contributed by atoms with Crippen molar-refractivity contribution in [1.82, 2.24) is 5.32 Å². The number of hydrogen-bond acceptors (Lipinski definition) is 8. The Hall–Kier alpha value is -3.02. The van der Waals surface area contributed by atoms with Crippen LogP contribution in [0.25, 0.3) is 0 Å². The summed E-state index contributed by atoms with van der Waals surface area (Å²) in [5, 5.41) is 28.7. The summed E-state index contributed by atoms with van der Waals surface area (Å²) in [7, 11) is 0. The number of carbonyl (C=O) groups excluding carboxylic acids is 2. The molecular weight excluding hydrogens is 434 g/mol. The topological polar surface area (TPSA) is 181 Å². The second-order valence-electron chi connectivity index (χ2n) is 8.17. The zero-order chi connectivity index (χ0) is 24.0. The average molecular weight is 463 g/mol. The van der Waals surface area contributed by atoms with Crippen LogP contribution in [0.4, 0.5) is 0 Å². The minimum Gasteiger partial charge on any atom is -0.481 e. The lowest BCUT2D eigenvalue weighted by molar-refractivity contribution is -0.160. The molecule has 6 N–H and O–H groups in total. The predicted molar refractivity (Wildman–Crippen MR) is 115 cm³/mol. The number of carboxylic acid groups (broad SMARTS) is 1. The van der Waals surface area contributed by atoms with Gasteiger partial charge in [-0.25, -0.2) is 4.79 Å². The van der Waals surface area contributed by atoms with E-state index in [1.165, 1.54) is 0 Å². The van der Waals surface area contributed by atoms with Crippen molar-refractivity contribution >= 4 is 23.7 Å². The number of ether oxygens (including phenoxy) is 3. The molecule has 0 saturated carbocycles. The number of aliphatic hydroxyl groups excluding tert-OH is 1. The number of aliphatic hydroxyl groups is 1. The Bertz CT molecular complexity index is 875.